The van der Waals surface area contributed by atoms with Crippen LogP contribution in [0.4, 0.5) is 17.3 Å². The van der Waals surface area contributed by atoms with Gasteiger partial charge in [0, 0.05) is 5.56 Å². The molecule has 0 radical (unpaired) electrons. The first-order valence-corrected chi connectivity index (χ1v) is 5.53. The van der Waals surface area contributed by atoms with E-state index in [4.69, 9.17) is 22.6 Å². The summed E-state index contributed by atoms with van der Waals surface area (Å²) in [5.74, 6) is 0.972. The van der Waals surface area contributed by atoms with Crippen LogP contribution in [0.5, 0.6) is 0 Å². The summed E-state index contributed by atoms with van der Waals surface area (Å²) >= 11 is 6.05. The van der Waals surface area contributed by atoms with Gasteiger partial charge in [0.05, 0.1) is 22.3 Å². The largest absolute Gasteiger partial charge is 0.383 e. The van der Waals surface area contributed by atoms with Gasteiger partial charge < -0.3 is 11.1 Å². The van der Waals surface area contributed by atoms with Crippen molar-refractivity contribution in [2.75, 3.05) is 11.1 Å². The van der Waals surface area contributed by atoms with Crippen molar-refractivity contribution in [3.05, 3.63) is 40.7 Å². The standard InChI is InChI=1S/C12H10ClN5/c1-7-11(15)16-6-17-12(7)18-10-4-8(5-14)2-3-9(10)13/h2-4,6H,1H3,(H3,15,16,17,18). The van der Waals surface area contributed by atoms with Crippen LogP contribution in [0, 0.1) is 18.3 Å². The zero-order chi connectivity index (χ0) is 13.1. The minimum Gasteiger partial charge on any atom is -0.383 e. The number of nitrogens with zero attached hydrogens (tertiary/aromatic N) is 3. The first-order chi connectivity index (χ1) is 8.61. The fourth-order valence-electron chi connectivity index (χ4n) is 1.41. The summed E-state index contributed by atoms with van der Waals surface area (Å²) in [6.07, 6.45) is 1.37. The Morgan fingerprint density at radius 1 is 1.39 bits per heavy atom. The number of aromatic nitrogens is 2. The molecule has 0 fully saturated rings. The smallest absolute Gasteiger partial charge is 0.138 e. The molecule has 0 saturated carbocycles. The van der Waals surface area contributed by atoms with Crippen LogP contribution in [0.3, 0.4) is 0 Å². The number of anilines is 3. The maximum atomic E-state index is 8.85. The molecule has 1 heterocycles. The van der Waals surface area contributed by atoms with Gasteiger partial charge >= 0.3 is 0 Å². The third kappa shape index (κ3) is 2.34. The summed E-state index contributed by atoms with van der Waals surface area (Å²) in [5.41, 5.74) is 7.55. The molecule has 0 aliphatic rings. The molecule has 6 heteroatoms. The minimum atomic E-state index is 0.403. The van der Waals surface area contributed by atoms with Gasteiger partial charge in [0.2, 0.25) is 0 Å². The van der Waals surface area contributed by atoms with Gasteiger partial charge in [-0.05, 0) is 25.1 Å². The van der Waals surface area contributed by atoms with Gasteiger partial charge in [-0.2, -0.15) is 5.26 Å². The quantitative estimate of drug-likeness (QED) is 0.866. The van der Waals surface area contributed by atoms with Gasteiger partial charge in [0.25, 0.3) is 0 Å². The Hall–Kier alpha value is -2.32. The zero-order valence-electron chi connectivity index (χ0n) is 9.61. The number of nitriles is 1. The van der Waals surface area contributed by atoms with Crippen LogP contribution in [0.2, 0.25) is 5.02 Å². The first kappa shape index (κ1) is 12.1. The normalized spacial score (nSPS) is 9.83. The van der Waals surface area contributed by atoms with E-state index in [0.29, 0.717) is 27.9 Å². The molecule has 1 aromatic carbocycles. The molecule has 0 aliphatic carbocycles. The van der Waals surface area contributed by atoms with E-state index in [0.717, 1.165) is 5.56 Å². The van der Waals surface area contributed by atoms with Crippen LogP contribution in [0.25, 0.3) is 0 Å². The molecule has 18 heavy (non-hydrogen) atoms. The van der Waals surface area contributed by atoms with E-state index in [1.165, 1.54) is 6.33 Å². The Morgan fingerprint density at radius 2 is 2.17 bits per heavy atom. The summed E-state index contributed by atoms with van der Waals surface area (Å²) in [7, 11) is 0. The number of benzene rings is 1. The van der Waals surface area contributed by atoms with E-state index in [1.807, 2.05) is 0 Å². The van der Waals surface area contributed by atoms with E-state index < -0.39 is 0 Å². The number of rotatable bonds is 2. The number of nitrogens with two attached hydrogens (primary N) is 1. The molecule has 1 aromatic heterocycles. The van der Waals surface area contributed by atoms with Gasteiger partial charge in [-0.3, -0.25) is 0 Å². The number of hydrogen-bond donors (Lipinski definition) is 2. The molecule has 0 bridgehead atoms. The van der Waals surface area contributed by atoms with Gasteiger partial charge in [-0.15, -0.1) is 0 Å². The SMILES string of the molecule is Cc1c(N)ncnc1Nc1cc(C#N)ccc1Cl. The van der Waals surface area contributed by atoms with E-state index in [-0.39, 0.29) is 0 Å². The molecule has 0 unspecified atom stereocenters. The lowest BCUT2D eigenvalue weighted by Crippen LogP contribution is -2.02. The third-order valence-corrected chi connectivity index (χ3v) is 2.80. The van der Waals surface area contributed by atoms with Crippen LogP contribution in [-0.4, -0.2) is 9.97 Å². The Kier molecular flexibility index (Phi) is 3.31. The third-order valence-electron chi connectivity index (χ3n) is 2.47. The predicted octanol–water partition coefficient (Wildman–Crippen LogP) is 2.64. The molecule has 0 saturated heterocycles. The average molecular weight is 260 g/mol. The van der Waals surface area contributed by atoms with Crippen molar-refractivity contribution in [2.24, 2.45) is 0 Å². The van der Waals surface area contributed by atoms with Crippen molar-refractivity contribution in [3.63, 3.8) is 0 Å². The highest BCUT2D eigenvalue weighted by atomic mass is 35.5. The van der Waals surface area contributed by atoms with Gasteiger partial charge in [0.1, 0.15) is 18.0 Å². The van der Waals surface area contributed by atoms with Gasteiger partial charge in [-0.25, -0.2) is 9.97 Å². The van der Waals surface area contributed by atoms with Crippen LogP contribution in [0.1, 0.15) is 11.1 Å². The number of nitrogen functional groups attached to an aromatic ring is 1. The summed E-state index contributed by atoms with van der Waals surface area (Å²) in [4.78, 5) is 7.97. The van der Waals surface area contributed by atoms with E-state index >= 15 is 0 Å². The van der Waals surface area contributed by atoms with Crippen LogP contribution < -0.4 is 11.1 Å². The molecule has 0 amide bonds. The van der Waals surface area contributed by atoms with Crippen molar-refractivity contribution in [1.82, 2.24) is 9.97 Å². The Bertz CT molecular complexity index is 633. The fraction of sp³-hybridized carbons (Fsp3) is 0.0833. The van der Waals surface area contributed by atoms with Gasteiger partial charge in [0.15, 0.2) is 0 Å². The summed E-state index contributed by atoms with van der Waals surface area (Å²) in [6, 6.07) is 7.01. The van der Waals surface area contributed by atoms with Crippen LogP contribution in [0.15, 0.2) is 24.5 Å². The summed E-state index contributed by atoms with van der Waals surface area (Å²) in [5, 5.41) is 12.4. The highest BCUT2D eigenvalue weighted by Crippen LogP contribution is 2.27. The molecule has 2 rings (SSSR count). The average Bonchev–Trinajstić information content (AvgIpc) is 2.37. The molecule has 2 aromatic rings. The lowest BCUT2D eigenvalue weighted by Gasteiger charge is -2.10. The van der Waals surface area contributed by atoms with Crippen LogP contribution >= 0.6 is 11.6 Å². The zero-order valence-corrected chi connectivity index (χ0v) is 10.4. The van der Waals surface area contributed by atoms with Gasteiger partial charge in [-0.1, -0.05) is 11.6 Å². The summed E-state index contributed by atoms with van der Waals surface area (Å²) in [6.45, 7) is 1.81. The van der Waals surface area contributed by atoms with Crippen molar-refractivity contribution >= 4 is 28.9 Å². The molecular formula is C12H10ClN5. The highest BCUT2D eigenvalue weighted by molar-refractivity contribution is 6.33. The second-order valence-corrected chi connectivity index (χ2v) is 4.07. The Labute approximate surface area is 109 Å². The molecule has 5 nitrogen and oxygen atoms in total. The van der Waals surface area contributed by atoms with Crippen molar-refractivity contribution in [2.45, 2.75) is 6.92 Å². The second-order valence-electron chi connectivity index (χ2n) is 3.66. The van der Waals surface area contributed by atoms with Crippen LogP contribution in [-0.2, 0) is 0 Å². The Balaban J connectivity index is 2.40. The lowest BCUT2D eigenvalue weighted by atomic mass is 10.2. The highest BCUT2D eigenvalue weighted by Gasteiger charge is 2.07. The molecular weight excluding hydrogens is 250 g/mol. The van der Waals surface area contributed by atoms with Crippen molar-refractivity contribution in [1.29, 1.82) is 5.26 Å². The van der Waals surface area contributed by atoms with E-state index in [1.54, 1.807) is 25.1 Å². The van der Waals surface area contributed by atoms with Crippen molar-refractivity contribution < 1.29 is 0 Å². The van der Waals surface area contributed by atoms with E-state index in [2.05, 4.69) is 21.4 Å². The minimum absolute atomic E-state index is 0.403. The summed E-state index contributed by atoms with van der Waals surface area (Å²) < 4.78 is 0. The molecule has 0 aliphatic heterocycles. The maximum absolute atomic E-state index is 8.85. The molecule has 3 N–H and O–H groups in total. The number of hydrogen-bond acceptors (Lipinski definition) is 5. The molecule has 0 atom stereocenters. The maximum Gasteiger partial charge on any atom is 0.138 e. The fourth-order valence-corrected chi connectivity index (χ4v) is 1.57. The topological polar surface area (TPSA) is 87.6 Å². The predicted molar refractivity (Wildman–Crippen MR) is 70.6 cm³/mol. The second kappa shape index (κ2) is 4.90. The lowest BCUT2D eigenvalue weighted by molar-refractivity contribution is 1.14. The monoisotopic (exact) mass is 259 g/mol. The number of nitrogens with one attached hydrogen (secondary N) is 1. The molecule has 90 valence electrons. The first-order valence-electron chi connectivity index (χ1n) is 5.15. The van der Waals surface area contributed by atoms with Crippen molar-refractivity contribution in [3.8, 4) is 6.07 Å². The number of halogens is 1. The Morgan fingerprint density at radius 3 is 2.89 bits per heavy atom. The molecule has 0 spiro atoms. The van der Waals surface area contributed by atoms with E-state index in [9.17, 15) is 0 Å².